The van der Waals surface area contributed by atoms with Crippen LogP contribution in [0.4, 0.5) is 25.2 Å². The first-order valence-electron chi connectivity index (χ1n) is 5.78. The van der Waals surface area contributed by atoms with E-state index in [1.807, 2.05) is 6.07 Å². The van der Waals surface area contributed by atoms with E-state index in [4.69, 9.17) is 12.2 Å². The third-order valence-corrected chi connectivity index (χ3v) is 4.45. The molecule has 98 valence electrons. The summed E-state index contributed by atoms with van der Waals surface area (Å²) in [6.45, 7) is 2.06. The Labute approximate surface area is 118 Å². The minimum absolute atomic E-state index is 0.449. The van der Waals surface area contributed by atoms with Crippen LogP contribution in [-0.4, -0.2) is 4.99 Å². The van der Waals surface area contributed by atoms with Crippen LogP contribution in [0.5, 0.6) is 0 Å². The molecule has 0 saturated heterocycles. The Morgan fingerprint density at radius 1 is 1.11 bits per heavy atom. The Morgan fingerprint density at radius 2 is 1.74 bits per heavy atom. The maximum absolute atomic E-state index is 13.3. The number of aryl methyl sites for hydroxylation is 1. The number of thiocarbonyl (C=S) groups is 1. The molecular weight excluding hydrogens is 286 g/mol. The highest BCUT2D eigenvalue weighted by atomic mass is 32.1. The summed E-state index contributed by atoms with van der Waals surface area (Å²) < 4.78 is 26.6. The number of anilines is 3. The fourth-order valence-electron chi connectivity index (χ4n) is 1.94. The van der Waals surface area contributed by atoms with E-state index in [0.29, 0.717) is 16.4 Å². The molecule has 0 bridgehead atoms. The van der Waals surface area contributed by atoms with Crippen LogP contribution in [0.2, 0.25) is 0 Å². The first-order valence-corrected chi connectivity index (χ1v) is 7.01. The third-order valence-electron chi connectivity index (χ3n) is 2.93. The fourth-order valence-corrected chi connectivity index (χ4v) is 3.29. The number of thiophene rings is 1. The maximum Gasteiger partial charge on any atom is 0.161 e. The molecule has 0 spiro atoms. The van der Waals surface area contributed by atoms with Crippen molar-refractivity contribution in [2.45, 2.75) is 13.3 Å². The summed E-state index contributed by atoms with van der Waals surface area (Å²) >= 11 is 6.87. The van der Waals surface area contributed by atoms with Crippen molar-refractivity contribution in [3.8, 4) is 0 Å². The summed E-state index contributed by atoms with van der Waals surface area (Å²) in [4.78, 5) is 1.70. The topological polar surface area (TPSA) is 24.1 Å². The second-order valence-corrected chi connectivity index (χ2v) is 5.75. The van der Waals surface area contributed by atoms with E-state index in [1.54, 1.807) is 11.3 Å². The highest BCUT2D eigenvalue weighted by molar-refractivity contribution is 7.81. The average Bonchev–Trinajstić information content (AvgIpc) is 2.73. The Bertz CT molecular complexity index is 680. The van der Waals surface area contributed by atoms with E-state index in [9.17, 15) is 8.78 Å². The zero-order valence-corrected chi connectivity index (χ0v) is 11.6. The van der Waals surface area contributed by atoms with Crippen LogP contribution < -0.4 is 10.6 Å². The zero-order valence-electron chi connectivity index (χ0n) is 10.0. The first kappa shape index (κ1) is 12.5. The second-order valence-electron chi connectivity index (χ2n) is 4.20. The number of halogens is 2. The van der Waals surface area contributed by atoms with Gasteiger partial charge in [-0.05, 0) is 12.5 Å². The van der Waals surface area contributed by atoms with Crippen LogP contribution >= 0.6 is 23.6 Å². The zero-order chi connectivity index (χ0) is 13.6. The van der Waals surface area contributed by atoms with Crippen LogP contribution in [0.1, 0.15) is 17.4 Å². The first-order chi connectivity index (χ1) is 9.08. The molecule has 0 unspecified atom stereocenters. The molecule has 1 aromatic carbocycles. The van der Waals surface area contributed by atoms with E-state index in [1.165, 1.54) is 4.88 Å². The van der Waals surface area contributed by atoms with Gasteiger partial charge in [0.15, 0.2) is 11.6 Å². The summed E-state index contributed by atoms with van der Waals surface area (Å²) in [5, 5.41) is 6.93. The number of fused-ring (bicyclic) bond motifs is 2. The molecule has 19 heavy (non-hydrogen) atoms. The van der Waals surface area contributed by atoms with Crippen molar-refractivity contribution in [2.24, 2.45) is 0 Å². The van der Waals surface area contributed by atoms with Crippen molar-refractivity contribution in [3.05, 3.63) is 40.3 Å². The van der Waals surface area contributed by atoms with Gasteiger partial charge < -0.3 is 10.6 Å². The summed E-state index contributed by atoms with van der Waals surface area (Å²) in [5.41, 5.74) is 1.81. The Kier molecular flexibility index (Phi) is 2.99. The van der Waals surface area contributed by atoms with Crippen molar-refractivity contribution in [1.82, 2.24) is 0 Å². The molecule has 1 aromatic heterocycles. The Balaban J connectivity index is 2.13. The highest BCUT2D eigenvalue weighted by Gasteiger charge is 2.20. The van der Waals surface area contributed by atoms with Gasteiger partial charge in [0.2, 0.25) is 0 Å². The lowest BCUT2D eigenvalue weighted by Crippen LogP contribution is -2.08. The van der Waals surface area contributed by atoms with Crippen LogP contribution in [0.25, 0.3) is 0 Å². The van der Waals surface area contributed by atoms with E-state index in [2.05, 4.69) is 17.6 Å². The molecule has 0 fully saturated rings. The maximum atomic E-state index is 13.3. The Hall–Kier alpha value is -1.53. The van der Waals surface area contributed by atoms with Gasteiger partial charge >= 0.3 is 0 Å². The number of hydrogen-bond donors (Lipinski definition) is 2. The second kappa shape index (κ2) is 4.54. The molecule has 3 rings (SSSR count). The number of rotatable bonds is 1. The fraction of sp³-hybridized carbons (Fsp3) is 0.154. The van der Waals surface area contributed by atoms with Gasteiger partial charge in [0.1, 0.15) is 9.99 Å². The van der Waals surface area contributed by atoms with Gasteiger partial charge in [-0.25, -0.2) is 8.78 Å². The molecule has 0 aliphatic carbocycles. The molecule has 1 aliphatic rings. The molecule has 2 N–H and O–H groups in total. The molecule has 0 radical (unpaired) electrons. The standard InChI is InChI=1S/C13H10F2N2S2/c1-2-6-3-7-12(18)16-10-4-8(14)9(15)5-11(10)17-13(7)19-6/h3-5,17H,2H2,1H3,(H,16,18). The van der Waals surface area contributed by atoms with Gasteiger partial charge in [-0.3, -0.25) is 0 Å². The predicted octanol–water partition coefficient (Wildman–Crippen LogP) is 4.43. The molecule has 6 heteroatoms. The summed E-state index contributed by atoms with van der Waals surface area (Å²) in [7, 11) is 0. The predicted molar refractivity (Wildman–Crippen MR) is 78.7 cm³/mol. The number of benzene rings is 1. The van der Waals surface area contributed by atoms with Gasteiger partial charge in [-0.2, -0.15) is 0 Å². The molecule has 0 amide bonds. The van der Waals surface area contributed by atoms with Crippen LogP contribution in [0.15, 0.2) is 18.2 Å². The van der Waals surface area contributed by atoms with Crippen LogP contribution in [0, 0.1) is 11.6 Å². The monoisotopic (exact) mass is 296 g/mol. The van der Waals surface area contributed by atoms with Gasteiger partial charge in [-0.15, -0.1) is 11.3 Å². The Morgan fingerprint density at radius 3 is 2.37 bits per heavy atom. The van der Waals surface area contributed by atoms with E-state index in [-0.39, 0.29) is 0 Å². The van der Waals surface area contributed by atoms with Crippen molar-refractivity contribution >= 4 is 44.9 Å². The van der Waals surface area contributed by atoms with E-state index in [0.717, 1.165) is 29.1 Å². The van der Waals surface area contributed by atoms with Crippen molar-refractivity contribution in [2.75, 3.05) is 10.6 Å². The van der Waals surface area contributed by atoms with E-state index < -0.39 is 11.6 Å². The summed E-state index contributed by atoms with van der Waals surface area (Å²) in [6.07, 6.45) is 0.909. The average molecular weight is 296 g/mol. The number of nitrogens with one attached hydrogen (secondary N) is 2. The van der Waals surface area contributed by atoms with Crippen molar-refractivity contribution < 1.29 is 8.78 Å². The largest absolute Gasteiger partial charge is 0.345 e. The van der Waals surface area contributed by atoms with Gasteiger partial charge in [0, 0.05) is 22.6 Å². The van der Waals surface area contributed by atoms with E-state index >= 15 is 0 Å². The van der Waals surface area contributed by atoms with Crippen LogP contribution in [0.3, 0.4) is 0 Å². The molecule has 2 aromatic rings. The molecular formula is C13H10F2N2S2. The van der Waals surface area contributed by atoms with Gasteiger partial charge in [-0.1, -0.05) is 19.1 Å². The van der Waals surface area contributed by atoms with Gasteiger partial charge in [0.25, 0.3) is 0 Å². The smallest absolute Gasteiger partial charge is 0.161 e. The lowest BCUT2D eigenvalue weighted by atomic mass is 10.2. The minimum Gasteiger partial charge on any atom is -0.345 e. The molecule has 2 nitrogen and oxygen atoms in total. The molecule has 1 aliphatic heterocycles. The normalized spacial score (nSPS) is 13.1. The quantitative estimate of drug-likeness (QED) is 0.761. The number of hydrogen-bond acceptors (Lipinski definition) is 3. The molecule has 0 atom stereocenters. The van der Waals surface area contributed by atoms with Crippen molar-refractivity contribution in [1.29, 1.82) is 0 Å². The molecule has 2 heterocycles. The highest BCUT2D eigenvalue weighted by Crippen LogP contribution is 2.38. The summed E-state index contributed by atoms with van der Waals surface area (Å²) in [5.74, 6) is -1.77. The van der Waals surface area contributed by atoms with Crippen LogP contribution in [-0.2, 0) is 6.42 Å². The minimum atomic E-state index is -0.893. The summed E-state index contributed by atoms with van der Waals surface area (Å²) in [6, 6.07) is 4.25. The van der Waals surface area contributed by atoms with Gasteiger partial charge in [0.05, 0.1) is 11.4 Å². The lowest BCUT2D eigenvalue weighted by Gasteiger charge is -2.09. The SMILES string of the molecule is CCc1cc2c(s1)Nc1cc(F)c(F)cc1NC2=S. The molecule has 0 saturated carbocycles. The lowest BCUT2D eigenvalue weighted by molar-refractivity contribution is 0.509. The third kappa shape index (κ3) is 2.11. The van der Waals surface area contributed by atoms with Crippen molar-refractivity contribution in [3.63, 3.8) is 0 Å².